The number of pyridine rings is 1. The molecule has 1 atom stereocenters. The van der Waals surface area contributed by atoms with Crippen molar-refractivity contribution in [2.75, 3.05) is 6.54 Å². The van der Waals surface area contributed by atoms with Crippen LogP contribution in [0.5, 0.6) is 0 Å². The molecule has 0 radical (unpaired) electrons. The Hall–Kier alpha value is -3.30. The summed E-state index contributed by atoms with van der Waals surface area (Å²) in [4.78, 5) is 12.4. The van der Waals surface area contributed by atoms with Crippen molar-refractivity contribution in [2.45, 2.75) is 24.3 Å². The summed E-state index contributed by atoms with van der Waals surface area (Å²) in [6, 6.07) is 17.7. The molecule has 0 aliphatic heterocycles. The second kappa shape index (κ2) is 8.21. The topological polar surface area (TPSA) is 105 Å². The molecule has 154 valence electrons. The van der Waals surface area contributed by atoms with Crippen LogP contribution in [0.4, 0.5) is 0 Å². The van der Waals surface area contributed by atoms with Crippen molar-refractivity contribution in [3.05, 3.63) is 72.7 Å². The number of nitrogens with one attached hydrogen (secondary N) is 2. The summed E-state index contributed by atoms with van der Waals surface area (Å²) in [6.07, 6.45) is 1.83. The predicted octanol–water partition coefficient (Wildman–Crippen LogP) is 2.43. The molecule has 0 fully saturated rings. The quantitative estimate of drug-likeness (QED) is 0.475. The number of sulfonamides is 1. The largest absolute Gasteiger partial charge is 0.346 e. The van der Waals surface area contributed by atoms with Crippen LogP contribution in [0.3, 0.4) is 0 Å². The van der Waals surface area contributed by atoms with Crippen molar-refractivity contribution in [3.63, 3.8) is 0 Å². The number of nitrogens with zero attached hydrogens (tertiary/aromatic N) is 3. The van der Waals surface area contributed by atoms with Crippen molar-refractivity contribution in [1.82, 2.24) is 24.6 Å². The van der Waals surface area contributed by atoms with Crippen LogP contribution in [0.1, 0.15) is 25.2 Å². The van der Waals surface area contributed by atoms with Crippen LogP contribution in [-0.2, 0) is 14.8 Å². The van der Waals surface area contributed by atoms with Gasteiger partial charge >= 0.3 is 0 Å². The molecule has 2 aromatic carbocycles. The Morgan fingerprint density at radius 2 is 1.80 bits per heavy atom. The zero-order chi connectivity index (χ0) is 21.1. The smallest absolute Gasteiger partial charge is 0.240 e. The number of hydrogen-bond acceptors (Lipinski definition) is 5. The Bertz CT molecular complexity index is 1320. The summed E-state index contributed by atoms with van der Waals surface area (Å²) in [5.41, 5.74) is 0.691. The van der Waals surface area contributed by atoms with E-state index in [0.29, 0.717) is 11.5 Å². The Labute approximate surface area is 174 Å². The highest BCUT2D eigenvalue weighted by molar-refractivity contribution is 7.89. The maximum Gasteiger partial charge on any atom is 0.240 e. The fourth-order valence-electron chi connectivity index (χ4n) is 3.25. The van der Waals surface area contributed by atoms with Crippen LogP contribution in [0.2, 0.25) is 0 Å². The zero-order valence-electron chi connectivity index (χ0n) is 16.3. The van der Waals surface area contributed by atoms with E-state index in [1.807, 2.05) is 48.7 Å². The lowest BCUT2D eigenvalue weighted by Gasteiger charge is -2.13. The molecule has 2 heterocycles. The number of fused-ring (bicyclic) bond motifs is 2. The van der Waals surface area contributed by atoms with Gasteiger partial charge in [0.05, 0.1) is 10.9 Å². The third-order valence-corrected chi connectivity index (χ3v) is 6.24. The lowest BCUT2D eigenvalue weighted by atomic mass is 10.1. The van der Waals surface area contributed by atoms with Gasteiger partial charge in [-0.25, -0.2) is 13.1 Å². The van der Waals surface area contributed by atoms with Gasteiger partial charge in [-0.15, -0.1) is 10.2 Å². The Balaban J connectivity index is 1.35. The van der Waals surface area contributed by atoms with Crippen LogP contribution in [-0.4, -0.2) is 35.5 Å². The first-order valence-electron chi connectivity index (χ1n) is 9.51. The summed E-state index contributed by atoms with van der Waals surface area (Å²) in [5, 5.41) is 12.8. The van der Waals surface area contributed by atoms with Gasteiger partial charge in [0.1, 0.15) is 0 Å². The van der Waals surface area contributed by atoms with Crippen LogP contribution in [0, 0.1) is 0 Å². The van der Waals surface area contributed by atoms with Gasteiger partial charge in [0.15, 0.2) is 11.5 Å². The van der Waals surface area contributed by atoms with Gasteiger partial charge in [-0.2, -0.15) is 0 Å². The monoisotopic (exact) mass is 423 g/mol. The van der Waals surface area contributed by atoms with E-state index >= 15 is 0 Å². The average molecular weight is 423 g/mol. The van der Waals surface area contributed by atoms with E-state index in [4.69, 9.17) is 0 Å². The van der Waals surface area contributed by atoms with E-state index in [0.717, 1.165) is 10.8 Å². The highest BCUT2D eigenvalue weighted by Gasteiger charge is 2.17. The molecule has 1 amide bonds. The fourth-order valence-corrected chi connectivity index (χ4v) is 4.32. The third kappa shape index (κ3) is 4.17. The number of carbonyl (C=O) groups excluding carboxylic acids is 1. The van der Waals surface area contributed by atoms with Crippen molar-refractivity contribution < 1.29 is 13.2 Å². The minimum absolute atomic E-state index is 0.00566. The molecule has 1 unspecified atom stereocenters. The van der Waals surface area contributed by atoms with Crippen molar-refractivity contribution in [2.24, 2.45) is 0 Å². The van der Waals surface area contributed by atoms with Gasteiger partial charge in [0.2, 0.25) is 15.9 Å². The second-order valence-corrected chi connectivity index (χ2v) is 8.70. The minimum atomic E-state index is -3.70. The van der Waals surface area contributed by atoms with Crippen molar-refractivity contribution in [3.8, 4) is 0 Å². The Morgan fingerprint density at radius 1 is 1.03 bits per heavy atom. The Kier molecular flexibility index (Phi) is 5.47. The number of carbonyl (C=O) groups is 1. The van der Waals surface area contributed by atoms with E-state index < -0.39 is 10.0 Å². The number of aromatic nitrogens is 3. The van der Waals surface area contributed by atoms with Gasteiger partial charge in [0, 0.05) is 19.2 Å². The van der Waals surface area contributed by atoms with Crippen molar-refractivity contribution in [1.29, 1.82) is 0 Å². The highest BCUT2D eigenvalue weighted by Crippen LogP contribution is 2.19. The first-order valence-corrected chi connectivity index (χ1v) is 11.0. The van der Waals surface area contributed by atoms with Gasteiger partial charge in [-0.05, 0) is 42.0 Å². The normalized spacial score (nSPS) is 12.8. The van der Waals surface area contributed by atoms with Crippen molar-refractivity contribution >= 4 is 32.4 Å². The van der Waals surface area contributed by atoms with Crippen LogP contribution in [0.25, 0.3) is 16.4 Å². The van der Waals surface area contributed by atoms with Gasteiger partial charge in [0.25, 0.3) is 0 Å². The Morgan fingerprint density at radius 3 is 2.63 bits per heavy atom. The molecule has 0 aliphatic carbocycles. The molecule has 0 saturated carbocycles. The molecule has 2 aromatic heterocycles. The van der Waals surface area contributed by atoms with Gasteiger partial charge in [-0.3, -0.25) is 9.20 Å². The molecular formula is C21H21N5O3S. The number of rotatable bonds is 7. The molecule has 4 rings (SSSR count). The molecule has 0 aliphatic rings. The summed E-state index contributed by atoms with van der Waals surface area (Å²) >= 11 is 0. The fraction of sp³-hybridized carbons (Fsp3) is 0.190. The SMILES string of the molecule is CC(NC(=O)CCNS(=O)(=O)c1ccc2ccccc2c1)c1nnc2ccccn12. The van der Waals surface area contributed by atoms with E-state index in [1.54, 1.807) is 29.5 Å². The van der Waals surface area contributed by atoms with Crippen LogP contribution < -0.4 is 10.0 Å². The highest BCUT2D eigenvalue weighted by atomic mass is 32.2. The number of amides is 1. The first kappa shape index (κ1) is 20.0. The van der Waals surface area contributed by atoms with E-state index in [-0.39, 0.29) is 29.8 Å². The maximum atomic E-state index is 12.5. The molecule has 30 heavy (non-hydrogen) atoms. The summed E-state index contributed by atoms with van der Waals surface area (Å²) in [6.45, 7) is 1.80. The summed E-state index contributed by atoms with van der Waals surface area (Å²) in [7, 11) is -3.70. The van der Waals surface area contributed by atoms with Gasteiger partial charge in [-0.1, -0.05) is 36.4 Å². The molecule has 0 bridgehead atoms. The molecule has 0 spiro atoms. The summed E-state index contributed by atoms with van der Waals surface area (Å²) in [5.74, 6) is 0.326. The van der Waals surface area contributed by atoms with E-state index in [2.05, 4.69) is 20.2 Å². The lowest BCUT2D eigenvalue weighted by molar-refractivity contribution is -0.121. The molecule has 9 heteroatoms. The maximum absolute atomic E-state index is 12.5. The van der Waals surface area contributed by atoms with E-state index in [9.17, 15) is 13.2 Å². The number of benzene rings is 2. The molecule has 2 N–H and O–H groups in total. The van der Waals surface area contributed by atoms with Crippen LogP contribution >= 0.6 is 0 Å². The first-order chi connectivity index (χ1) is 14.4. The molecule has 8 nitrogen and oxygen atoms in total. The molecule has 4 aromatic rings. The molecule has 0 saturated heterocycles. The van der Waals surface area contributed by atoms with E-state index in [1.165, 1.54) is 0 Å². The number of hydrogen-bond donors (Lipinski definition) is 2. The third-order valence-electron chi connectivity index (χ3n) is 4.78. The second-order valence-electron chi connectivity index (χ2n) is 6.93. The molecular weight excluding hydrogens is 402 g/mol. The zero-order valence-corrected chi connectivity index (χ0v) is 17.1. The lowest BCUT2D eigenvalue weighted by Crippen LogP contribution is -2.32. The average Bonchev–Trinajstić information content (AvgIpc) is 3.17. The summed E-state index contributed by atoms with van der Waals surface area (Å²) < 4.78 is 29.4. The predicted molar refractivity (Wildman–Crippen MR) is 113 cm³/mol. The van der Waals surface area contributed by atoms with Crippen LogP contribution in [0.15, 0.2) is 71.8 Å². The van der Waals surface area contributed by atoms with Gasteiger partial charge < -0.3 is 5.32 Å². The standard InChI is InChI=1S/C21H21N5O3S/c1-15(21-25-24-19-8-4-5-13-26(19)21)23-20(27)11-12-22-30(28,29)18-10-9-16-6-2-3-7-17(16)14-18/h2-10,13-15,22H,11-12H2,1H3,(H,23,27). The minimum Gasteiger partial charge on any atom is -0.346 e.